The molecule has 0 aromatic heterocycles. The third-order valence-electron chi connectivity index (χ3n) is 3.17. The van der Waals surface area contributed by atoms with Crippen LogP contribution in [0, 0.1) is 16.7 Å². The molecule has 1 fully saturated rings. The first-order valence-corrected chi connectivity index (χ1v) is 5.31. The van der Waals surface area contributed by atoms with Crippen LogP contribution >= 0.6 is 0 Å². The predicted molar refractivity (Wildman–Crippen MR) is 55.2 cm³/mol. The molecule has 1 aliphatic carbocycles. The summed E-state index contributed by atoms with van der Waals surface area (Å²) in [5, 5.41) is 0. The quantitative estimate of drug-likeness (QED) is 0.474. The molecule has 72 valence electrons. The summed E-state index contributed by atoms with van der Waals surface area (Å²) in [4.78, 5) is 0. The van der Waals surface area contributed by atoms with Crippen molar-refractivity contribution >= 4 is 0 Å². The number of hydrogen-bond donors (Lipinski definition) is 0. The second-order valence-corrected chi connectivity index (χ2v) is 6.35. The van der Waals surface area contributed by atoms with Gasteiger partial charge in [0.05, 0.1) is 0 Å². The normalized spacial score (nSPS) is 34.2. The van der Waals surface area contributed by atoms with Crippen LogP contribution in [0.4, 0.5) is 0 Å². The van der Waals surface area contributed by atoms with Crippen molar-refractivity contribution in [3.63, 3.8) is 0 Å². The zero-order chi connectivity index (χ0) is 9.41. The van der Waals surface area contributed by atoms with Crippen molar-refractivity contribution in [2.45, 2.75) is 60.3 Å². The summed E-state index contributed by atoms with van der Waals surface area (Å²) in [6, 6.07) is 0. The Bertz CT molecular complexity index is 153. The lowest BCUT2D eigenvalue weighted by molar-refractivity contribution is 0.195. The van der Waals surface area contributed by atoms with Gasteiger partial charge in [-0.15, -0.1) is 0 Å². The minimum absolute atomic E-state index is 0.569. The van der Waals surface area contributed by atoms with Crippen LogP contribution in [0.15, 0.2) is 0 Å². The van der Waals surface area contributed by atoms with Gasteiger partial charge in [0.15, 0.2) is 0 Å². The van der Waals surface area contributed by atoms with Crippen molar-refractivity contribution in [3.05, 3.63) is 0 Å². The van der Waals surface area contributed by atoms with Gasteiger partial charge in [-0.1, -0.05) is 41.0 Å². The molecule has 0 aliphatic heterocycles. The number of hydrogen-bond acceptors (Lipinski definition) is 0. The Labute approximate surface area is 77.7 Å². The van der Waals surface area contributed by atoms with Crippen LogP contribution in [0.2, 0.25) is 0 Å². The van der Waals surface area contributed by atoms with E-state index in [9.17, 15) is 0 Å². The summed E-state index contributed by atoms with van der Waals surface area (Å²) in [6.07, 6.45) is 5.65. The molecule has 0 heteroatoms. The molecule has 0 nitrogen and oxygen atoms in total. The van der Waals surface area contributed by atoms with E-state index in [1.807, 2.05) is 0 Å². The molecule has 0 N–H and O–H groups in total. The van der Waals surface area contributed by atoms with Gasteiger partial charge in [0, 0.05) is 0 Å². The standard InChI is InChI=1S/C12H24/c1-10-6-7-11(2,3)9-12(4,5)8-10/h10H,6-9H2,1-5H3. The Kier molecular flexibility index (Phi) is 2.56. The van der Waals surface area contributed by atoms with Crippen LogP contribution in [-0.4, -0.2) is 0 Å². The van der Waals surface area contributed by atoms with E-state index in [1.165, 1.54) is 25.7 Å². The van der Waals surface area contributed by atoms with E-state index >= 15 is 0 Å². The van der Waals surface area contributed by atoms with E-state index in [0.29, 0.717) is 10.8 Å². The molecule has 1 atom stereocenters. The van der Waals surface area contributed by atoms with Gasteiger partial charge >= 0.3 is 0 Å². The fourth-order valence-electron chi connectivity index (χ4n) is 3.14. The lowest BCUT2D eigenvalue weighted by Crippen LogP contribution is -2.20. The Morgan fingerprint density at radius 1 is 1.00 bits per heavy atom. The second-order valence-electron chi connectivity index (χ2n) is 6.35. The molecule has 0 bridgehead atoms. The van der Waals surface area contributed by atoms with Crippen molar-refractivity contribution in [2.24, 2.45) is 16.7 Å². The Balaban J connectivity index is 2.69. The minimum atomic E-state index is 0.569. The van der Waals surface area contributed by atoms with Crippen LogP contribution in [-0.2, 0) is 0 Å². The highest BCUT2D eigenvalue weighted by Crippen LogP contribution is 2.45. The molecule has 0 saturated heterocycles. The fourth-order valence-corrected chi connectivity index (χ4v) is 3.14. The molecule has 0 aromatic rings. The second kappa shape index (κ2) is 3.05. The van der Waals surface area contributed by atoms with Gasteiger partial charge in [-0.2, -0.15) is 0 Å². The van der Waals surface area contributed by atoms with E-state index in [2.05, 4.69) is 34.6 Å². The molecule has 1 saturated carbocycles. The monoisotopic (exact) mass is 168 g/mol. The molecule has 0 spiro atoms. The first kappa shape index (κ1) is 10.1. The maximum atomic E-state index is 2.43. The predicted octanol–water partition coefficient (Wildman–Crippen LogP) is 4.25. The molecule has 1 aliphatic rings. The van der Waals surface area contributed by atoms with Crippen molar-refractivity contribution in [2.75, 3.05) is 0 Å². The molecule has 1 rings (SSSR count). The van der Waals surface area contributed by atoms with Crippen molar-refractivity contribution in [1.29, 1.82) is 0 Å². The first-order valence-electron chi connectivity index (χ1n) is 5.31. The van der Waals surface area contributed by atoms with Crippen molar-refractivity contribution in [3.8, 4) is 0 Å². The zero-order valence-electron chi connectivity index (χ0n) is 9.41. The highest BCUT2D eigenvalue weighted by Gasteiger charge is 2.33. The molecular formula is C12H24. The maximum absolute atomic E-state index is 2.43. The van der Waals surface area contributed by atoms with Gasteiger partial charge in [-0.05, 0) is 36.0 Å². The molecule has 0 aromatic carbocycles. The molecule has 0 heterocycles. The van der Waals surface area contributed by atoms with Gasteiger partial charge < -0.3 is 0 Å². The lowest BCUT2D eigenvalue weighted by Gasteiger charge is -2.32. The lowest BCUT2D eigenvalue weighted by atomic mass is 9.74. The summed E-state index contributed by atoms with van der Waals surface area (Å²) in [5.74, 6) is 0.932. The van der Waals surface area contributed by atoms with Gasteiger partial charge in [-0.25, -0.2) is 0 Å². The minimum Gasteiger partial charge on any atom is -0.0625 e. The Morgan fingerprint density at radius 3 is 2.17 bits per heavy atom. The third kappa shape index (κ3) is 2.80. The van der Waals surface area contributed by atoms with E-state index in [0.717, 1.165) is 5.92 Å². The van der Waals surface area contributed by atoms with Crippen LogP contribution < -0.4 is 0 Å². The largest absolute Gasteiger partial charge is 0.0625 e. The molecule has 12 heavy (non-hydrogen) atoms. The van der Waals surface area contributed by atoms with Crippen molar-refractivity contribution < 1.29 is 0 Å². The molecular weight excluding hydrogens is 144 g/mol. The summed E-state index contributed by atoms with van der Waals surface area (Å²) in [5.41, 5.74) is 1.15. The van der Waals surface area contributed by atoms with Gasteiger partial charge in [0.2, 0.25) is 0 Å². The van der Waals surface area contributed by atoms with Crippen LogP contribution in [0.5, 0.6) is 0 Å². The van der Waals surface area contributed by atoms with Gasteiger partial charge in [-0.3, -0.25) is 0 Å². The Morgan fingerprint density at radius 2 is 1.58 bits per heavy atom. The molecule has 1 unspecified atom stereocenters. The van der Waals surface area contributed by atoms with Gasteiger partial charge in [0.1, 0.15) is 0 Å². The SMILES string of the molecule is CC1CCC(C)(C)CC(C)(C)C1. The summed E-state index contributed by atoms with van der Waals surface area (Å²) < 4.78 is 0. The fraction of sp³-hybridized carbons (Fsp3) is 1.00. The molecule has 0 amide bonds. The number of rotatable bonds is 0. The first-order chi connectivity index (χ1) is 5.31. The highest BCUT2D eigenvalue weighted by molar-refractivity contribution is 4.84. The molecule has 0 radical (unpaired) electrons. The average molecular weight is 168 g/mol. The smallest absolute Gasteiger partial charge is 0.0347 e. The summed E-state index contributed by atoms with van der Waals surface area (Å²) in [7, 11) is 0. The van der Waals surface area contributed by atoms with Gasteiger partial charge in [0.25, 0.3) is 0 Å². The zero-order valence-corrected chi connectivity index (χ0v) is 9.41. The highest BCUT2D eigenvalue weighted by atomic mass is 14.4. The van der Waals surface area contributed by atoms with Crippen molar-refractivity contribution in [1.82, 2.24) is 0 Å². The summed E-state index contributed by atoms with van der Waals surface area (Å²) >= 11 is 0. The van der Waals surface area contributed by atoms with E-state index in [1.54, 1.807) is 0 Å². The Hall–Kier alpha value is 0. The van der Waals surface area contributed by atoms with E-state index in [4.69, 9.17) is 0 Å². The average Bonchev–Trinajstić information content (AvgIpc) is 1.86. The summed E-state index contributed by atoms with van der Waals surface area (Å²) in [6.45, 7) is 12.1. The van der Waals surface area contributed by atoms with E-state index < -0.39 is 0 Å². The van der Waals surface area contributed by atoms with Crippen LogP contribution in [0.1, 0.15) is 60.3 Å². The van der Waals surface area contributed by atoms with Crippen LogP contribution in [0.3, 0.4) is 0 Å². The third-order valence-corrected chi connectivity index (χ3v) is 3.17. The van der Waals surface area contributed by atoms with E-state index in [-0.39, 0.29) is 0 Å². The topological polar surface area (TPSA) is 0 Å². The maximum Gasteiger partial charge on any atom is -0.0347 e. The van der Waals surface area contributed by atoms with Crippen LogP contribution in [0.25, 0.3) is 0 Å².